The third kappa shape index (κ3) is 11.5. The summed E-state index contributed by atoms with van der Waals surface area (Å²) in [4.78, 5) is 13.0. The Hall–Kier alpha value is -6.87. The standard InChI is InChI=1S/C68H68N3O.Pt/c1-65(2,3)53-35-50(36-54(42-53)66(4,5)6)51-40-61(58-43-55(67(7,8)9)44-59(64(58)72)68(10,11)12)70-63(41-51)71(62-31-23-22-30-57(62)47-28-20-15-21-29-47)56-37-49(46-26-18-14-19-27-46)34-52(38-56)60-39-48(32-33-69-60)45-24-16-13-17-25-45;/h13-37,39-44,72H,1-12H3;/q-1;. The van der Waals surface area contributed by atoms with Gasteiger partial charge < -0.3 is 15.0 Å². The molecule has 9 aromatic rings. The van der Waals surface area contributed by atoms with E-state index in [2.05, 4.69) is 270 Å². The first-order chi connectivity index (χ1) is 34.1. The van der Waals surface area contributed by atoms with E-state index < -0.39 is 0 Å². The summed E-state index contributed by atoms with van der Waals surface area (Å²) in [5.41, 5.74) is 16.9. The quantitative estimate of drug-likeness (QED) is 0.146. The van der Waals surface area contributed by atoms with E-state index in [0.29, 0.717) is 17.1 Å². The van der Waals surface area contributed by atoms with Crippen molar-refractivity contribution in [2.45, 2.75) is 105 Å². The Morgan fingerprint density at radius 1 is 0.411 bits per heavy atom. The smallest absolute Gasteiger partial charge is 0.137 e. The first-order valence-corrected chi connectivity index (χ1v) is 25.3. The molecule has 0 fully saturated rings. The molecule has 372 valence electrons. The van der Waals surface area contributed by atoms with Crippen LogP contribution >= 0.6 is 0 Å². The summed E-state index contributed by atoms with van der Waals surface area (Å²) in [7, 11) is 0. The van der Waals surface area contributed by atoms with Gasteiger partial charge in [-0.2, -0.15) is 0 Å². The van der Waals surface area contributed by atoms with E-state index in [0.717, 1.165) is 78.3 Å². The molecule has 0 saturated heterocycles. The van der Waals surface area contributed by atoms with Crippen molar-refractivity contribution >= 4 is 17.2 Å². The van der Waals surface area contributed by atoms with Gasteiger partial charge in [0.2, 0.25) is 0 Å². The number of para-hydroxylation sites is 1. The fourth-order valence-electron chi connectivity index (χ4n) is 9.34. The molecule has 73 heavy (non-hydrogen) atoms. The normalized spacial score (nSPS) is 12.1. The molecule has 0 aliphatic heterocycles. The molecule has 4 nitrogen and oxygen atoms in total. The van der Waals surface area contributed by atoms with E-state index in [1.807, 2.05) is 12.3 Å². The molecule has 2 heterocycles. The van der Waals surface area contributed by atoms with Gasteiger partial charge in [0.15, 0.2) is 0 Å². The van der Waals surface area contributed by atoms with Crippen LogP contribution in [0.4, 0.5) is 17.2 Å². The van der Waals surface area contributed by atoms with Crippen LogP contribution in [0.25, 0.3) is 67.0 Å². The zero-order valence-electron chi connectivity index (χ0n) is 44.5. The number of aromatic nitrogens is 2. The minimum Gasteiger partial charge on any atom is -0.507 e. The summed E-state index contributed by atoms with van der Waals surface area (Å²) in [6.45, 7) is 26.9. The predicted octanol–water partition coefficient (Wildman–Crippen LogP) is 18.6. The topological polar surface area (TPSA) is 49.3 Å². The van der Waals surface area contributed by atoms with E-state index in [1.165, 1.54) is 11.1 Å². The molecule has 0 aliphatic carbocycles. The third-order valence-electron chi connectivity index (χ3n) is 13.7. The molecule has 0 bridgehead atoms. The van der Waals surface area contributed by atoms with Crippen molar-refractivity contribution in [1.29, 1.82) is 0 Å². The minimum absolute atomic E-state index is 0. The van der Waals surface area contributed by atoms with Crippen LogP contribution in [-0.4, -0.2) is 15.1 Å². The number of phenols is 1. The molecule has 7 aromatic carbocycles. The fourth-order valence-corrected chi connectivity index (χ4v) is 9.34. The summed E-state index contributed by atoms with van der Waals surface area (Å²) in [5, 5.41) is 12.7. The molecule has 0 radical (unpaired) electrons. The van der Waals surface area contributed by atoms with Crippen molar-refractivity contribution in [2.75, 3.05) is 4.90 Å². The van der Waals surface area contributed by atoms with Gasteiger partial charge in [0.1, 0.15) is 11.6 Å². The Bertz CT molecular complexity index is 3360. The molecular formula is C68H68N3OPt-. The van der Waals surface area contributed by atoms with E-state index in [-0.39, 0.29) is 48.5 Å². The Morgan fingerprint density at radius 2 is 0.904 bits per heavy atom. The van der Waals surface area contributed by atoms with Crippen LogP contribution in [0.15, 0.2) is 188 Å². The van der Waals surface area contributed by atoms with Crippen molar-refractivity contribution in [3.63, 3.8) is 0 Å². The van der Waals surface area contributed by atoms with Gasteiger partial charge in [-0.3, -0.25) is 0 Å². The van der Waals surface area contributed by atoms with Crippen molar-refractivity contribution < 1.29 is 26.2 Å². The van der Waals surface area contributed by atoms with Gasteiger partial charge in [0, 0.05) is 44.0 Å². The summed E-state index contributed by atoms with van der Waals surface area (Å²) in [5.74, 6) is 0.922. The number of phenolic OH excluding ortho intramolecular Hbond substituents is 1. The maximum Gasteiger partial charge on any atom is 0.137 e. The Labute approximate surface area is 449 Å². The van der Waals surface area contributed by atoms with Gasteiger partial charge in [-0.15, -0.1) is 23.8 Å². The largest absolute Gasteiger partial charge is 0.507 e. The average Bonchev–Trinajstić information content (AvgIpc) is 3.36. The molecule has 0 saturated carbocycles. The molecule has 0 unspecified atom stereocenters. The minimum atomic E-state index is -0.348. The first-order valence-electron chi connectivity index (χ1n) is 25.3. The van der Waals surface area contributed by atoms with Crippen molar-refractivity contribution in [2.24, 2.45) is 0 Å². The Balaban J connectivity index is 0.00000711. The molecule has 0 spiro atoms. The molecule has 9 rings (SSSR count). The Kier molecular flexibility index (Phi) is 14.8. The summed E-state index contributed by atoms with van der Waals surface area (Å²) < 4.78 is 0. The number of pyridine rings is 2. The zero-order chi connectivity index (χ0) is 51.2. The van der Waals surface area contributed by atoms with E-state index >= 15 is 0 Å². The molecule has 5 heteroatoms. The van der Waals surface area contributed by atoms with Gasteiger partial charge >= 0.3 is 0 Å². The molecule has 0 aliphatic rings. The monoisotopic (exact) mass is 1140 g/mol. The van der Waals surface area contributed by atoms with Crippen LogP contribution in [0, 0.1) is 6.07 Å². The third-order valence-corrected chi connectivity index (χ3v) is 13.7. The number of hydrogen-bond donors (Lipinski definition) is 1. The van der Waals surface area contributed by atoms with Crippen LogP contribution in [0.5, 0.6) is 5.75 Å². The van der Waals surface area contributed by atoms with Crippen LogP contribution in [0.2, 0.25) is 0 Å². The van der Waals surface area contributed by atoms with Crippen LogP contribution < -0.4 is 4.90 Å². The number of rotatable bonds is 9. The predicted molar refractivity (Wildman–Crippen MR) is 305 cm³/mol. The maximum absolute atomic E-state index is 12.7. The second-order valence-electron chi connectivity index (χ2n) is 23.4. The summed E-state index contributed by atoms with van der Waals surface area (Å²) in [6.07, 6.45) is 1.89. The van der Waals surface area contributed by atoms with Gasteiger partial charge in [-0.25, -0.2) is 4.98 Å². The maximum atomic E-state index is 12.7. The van der Waals surface area contributed by atoms with Gasteiger partial charge in [0.05, 0.1) is 11.4 Å². The van der Waals surface area contributed by atoms with Crippen LogP contribution in [-0.2, 0) is 42.7 Å². The van der Waals surface area contributed by atoms with Gasteiger partial charge in [-0.1, -0.05) is 228 Å². The molecule has 2 aromatic heterocycles. The summed E-state index contributed by atoms with van der Waals surface area (Å²) >= 11 is 0. The SMILES string of the molecule is CC(C)(C)c1cc(-c2cc(-c3cc(C(C)(C)C)cc(C(C)(C)C)c3O)nc(N(c3[c-]c(-c4cc(-c5ccccc5)ccn4)cc(-c4ccccc4)c3)c3ccccc3-c3ccccc3)c2)cc(C(C)(C)C)c1.[Pt]. The van der Waals surface area contributed by atoms with E-state index in [1.54, 1.807) is 0 Å². The Morgan fingerprint density at radius 3 is 1.48 bits per heavy atom. The zero-order valence-corrected chi connectivity index (χ0v) is 46.8. The van der Waals surface area contributed by atoms with Crippen molar-refractivity contribution in [3.8, 4) is 72.8 Å². The number of hydrogen-bond acceptors (Lipinski definition) is 4. The van der Waals surface area contributed by atoms with E-state index in [4.69, 9.17) is 9.97 Å². The van der Waals surface area contributed by atoms with Gasteiger partial charge in [0.25, 0.3) is 0 Å². The fraction of sp³-hybridized carbons (Fsp3) is 0.235. The first kappa shape index (κ1) is 52.5. The number of benzene rings is 7. The van der Waals surface area contributed by atoms with Crippen molar-refractivity contribution in [3.05, 3.63) is 217 Å². The molecule has 0 amide bonds. The summed E-state index contributed by atoms with van der Waals surface area (Å²) in [6, 6.07) is 68.5. The molecule has 0 atom stereocenters. The van der Waals surface area contributed by atoms with E-state index in [9.17, 15) is 5.11 Å². The molecular weight excluding hydrogens is 1070 g/mol. The second-order valence-corrected chi connectivity index (χ2v) is 23.4. The number of anilines is 3. The molecule has 1 N–H and O–H groups in total. The van der Waals surface area contributed by atoms with Crippen molar-refractivity contribution in [1.82, 2.24) is 9.97 Å². The van der Waals surface area contributed by atoms with Crippen LogP contribution in [0.1, 0.15) is 105 Å². The number of aromatic hydroxyl groups is 1. The number of nitrogens with zero attached hydrogens (tertiary/aromatic N) is 3. The second kappa shape index (κ2) is 20.6. The van der Waals surface area contributed by atoms with Gasteiger partial charge in [-0.05, 0) is 113 Å². The van der Waals surface area contributed by atoms with Crippen LogP contribution in [0.3, 0.4) is 0 Å². The average molecular weight is 1140 g/mol.